The minimum Gasteiger partial charge on any atom is -0.330 e. The molecule has 0 aliphatic carbocycles. The highest BCUT2D eigenvalue weighted by molar-refractivity contribution is 7.51. The summed E-state index contributed by atoms with van der Waals surface area (Å²) >= 11 is 0. The lowest BCUT2D eigenvalue weighted by Gasteiger charge is -2.09. The summed E-state index contributed by atoms with van der Waals surface area (Å²) in [6, 6.07) is 8.74. The van der Waals surface area contributed by atoms with Crippen LogP contribution in [0.5, 0.6) is 0 Å². The van der Waals surface area contributed by atoms with E-state index in [2.05, 4.69) is 24.3 Å². The van der Waals surface area contributed by atoms with Gasteiger partial charge < -0.3 is 15.5 Å². The average Bonchev–Trinajstić information content (AvgIpc) is 2.54. The molecule has 4 nitrogen and oxygen atoms in total. The van der Waals surface area contributed by atoms with Crippen LogP contribution in [0.25, 0.3) is 0 Å². The molecule has 0 bridgehead atoms. The van der Waals surface area contributed by atoms with E-state index >= 15 is 0 Å². The second-order valence-corrected chi connectivity index (χ2v) is 8.40. The van der Waals surface area contributed by atoms with E-state index in [-0.39, 0.29) is 6.16 Å². The number of rotatable bonds is 14. The molecule has 0 heterocycles. The lowest BCUT2D eigenvalue weighted by Crippen LogP contribution is -2.00. The minimum absolute atomic E-state index is 0.0357. The maximum Gasteiger partial charge on any atom is 0.325 e. The van der Waals surface area contributed by atoms with Gasteiger partial charge in [0, 0.05) is 6.16 Å². The maximum absolute atomic E-state index is 10.7. The Labute approximate surface area is 147 Å². The highest BCUT2D eigenvalue weighted by Gasteiger charge is 2.10. The van der Waals surface area contributed by atoms with Gasteiger partial charge in [-0.25, -0.2) is 0 Å². The summed E-state index contributed by atoms with van der Waals surface area (Å²) in [5.74, 6) is 0. The van der Waals surface area contributed by atoms with Crippen molar-refractivity contribution in [3.63, 3.8) is 0 Å². The molecule has 4 N–H and O–H groups in total. The number of benzene rings is 1. The highest BCUT2D eigenvalue weighted by atomic mass is 31.2. The van der Waals surface area contributed by atoms with Gasteiger partial charge in [0.2, 0.25) is 0 Å². The van der Waals surface area contributed by atoms with Gasteiger partial charge in [-0.2, -0.15) is 0 Å². The van der Waals surface area contributed by atoms with Crippen LogP contribution in [0, 0.1) is 0 Å². The van der Waals surface area contributed by atoms with Crippen LogP contribution >= 0.6 is 7.60 Å². The lowest BCUT2D eigenvalue weighted by atomic mass is 9.97. The van der Waals surface area contributed by atoms with Crippen LogP contribution in [-0.2, 0) is 17.4 Å². The second-order valence-electron chi connectivity index (χ2n) is 6.63. The number of hydrogen-bond donors (Lipinski definition) is 3. The molecular formula is C19H34NO3P. The SMILES string of the molecule is NCCCCc1ccccc1CCCCCCCCCP(=O)(O)O. The molecule has 0 saturated carbocycles. The van der Waals surface area contributed by atoms with Crippen molar-refractivity contribution >= 4 is 7.60 Å². The molecule has 1 aromatic carbocycles. The third-order valence-electron chi connectivity index (χ3n) is 4.41. The normalized spacial score (nSPS) is 11.8. The molecule has 1 aromatic rings. The molecule has 0 atom stereocenters. The van der Waals surface area contributed by atoms with Crippen molar-refractivity contribution in [1.29, 1.82) is 0 Å². The first-order chi connectivity index (χ1) is 11.5. The summed E-state index contributed by atoms with van der Waals surface area (Å²) in [7, 11) is -3.79. The Morgan fingerprint density at radius 1 is 0.750 bits per heavy atom. The van der Waals surface area contributed by atoms with Crippen LogP contribution in [-0.4, -0.2) is 22.5 Å². The van der Waals surface area contributed by atoms with Gasteiger partial charge in [0.1, 0.15) is 0 Å². The molecule has 0 amide bonds. The largest absolute Gasteiger partial charge is 0.330 e. The van der Waals surface area contributed by atoms with Gasteiger partial charge in [0.25, 0.3) is 0 Å². The smallest absolute Gasteiger partial charge is 0.325 e. The first kappa shape index (κ1) is 21.4. The number of nitrogens with two attached hydrogens (primary N) is 1. The molecule has 0 aliphatic rings. The summed E-state index contributed by atoms with van der Waals surface area (Å²) in [4.78, 5) is 17.6. The van der Waals surface area contributed by atoms with Crippen LogP contribution in [0.3, 0.4) is 0 Å². The lowest BCUT2D eigenvalue weighted by molar-refractivity contribution is 0.370. The van der Waals surface area contributed by atoms with Gasteiger partial charge in [0.15, 0.2) is 0 Å². The number of hydrogen-bond acceptors (Lipinski definition) is 2. The Kier molecular flexibility index (Phi) is 11.3. The van der Waals surface area contributed by atoms with Crippen LogP contribution in [0.15, 0.2) is 24.3 Å². The van der Waals surface area contributed by atoms with Crippen molar-refractivity contribution < 1.29 is 14.4 Å². The van der Waals surface area contributed by atoms with Crippen molar-refractivity contribution in [2.75, 3.05) is 12.7 Å². The Hall–Kier alpha value is -0.670. The van der Waals surface area contributed by atoms with Crippen LogP contribution in [0.4, 0.5) is 0 Å². The van der Waals surface area contributed by atoms with E-state index in [9.17, 15) is 4.57 Å². The number of unbranched alkanes of at least 4 members (excludes halogenated alkanes) is 7. The van der Waals surface area contributed by atoms with Gasteiger partial charge in [-0.05, 0) is 56.2 Å². The molecule has 1 rings (SSSR count). The summed E-state index contributed by atoms with van der Waals surface area (Å²) in [6.45, 7) is 0.774. The van der Waals surface area contributed by atoms with Crippen molar-refractivity contribution in [3.05, 3.63) is 35.4 Å². The monoisotopic (exact) mass is 355 g/mol. The highest BCUT2D eigenvalue weighted by Crippen LogP contribution is 2.35. The van der Waals surface area contributed by atoms with E-state index in [0.717, 1.165) is 38.6 Å². The molecule has 24 heavy (non-hydrogen) atoms. The van der Waals surface area contributed by atoms with Crippen molar-refractivity contribution in [1.82, 2.24) is 0 Å². The number of aryl methyl sites for hydroxylation is 2. The molecule has 5 heteroatoms. The molecule has 0 radical (unpaired) electrons. The van der Waals surface area contributed by atoms with E-state index < -0.39 is 7.60 Å². The topological polar surface area (TPSA) is 83.6 Å². The molecule has 0 fully saturated rings. The Balaban J connectivity index is 2.09. The summed E-state index contributed by atoms with van der Waals surface area (Å²) in [5, 5.41) is 0. The van der Waals surface area contributed by atoms with Gasteiger partial charge >= 0.3 is 7.60 Å². The van der Waals surface area contributed by atoms with Crippen LogP contribution in [0.1, 0.15) is 68.9 Å². The fraction of sp³-hybridized carbons (Fsp3) is 0.684. The second kappa shape index (κ2) is 12.7. The Bertz CT molecular complexity index is 487. The van der Waals surface area contributed by atoms with Crippen molar-refractivity contribution in [3.8, 4) is 0 Å². The summed E-state index contributed by atoms with van der Waals surface area (Å²) in [5.41, 5.74) is 8.53. The molecular weight excluding hydrogens is 321 g/mol. The molecule has 0 spiro atoms. The van der Waals surface area contributed by atoms with E-state index in [1.165, 1.54) is 43.2 Å². The van der Waals surface area contributed by atoms with E-state index in [0.29, 0.717) is 6.42 Å². The third-order valence-corrected chi connectivity index (χ3v) is 5.31. The standard InChI is InChI=1S/C19H34NO3P/c20-16-10-9-15-19-14-8-7-13-18(19)12-6-4-2-1-3-5-11-17-24(21,22)23/h7-8,13-14H,1-6,9-12,15-17,20H2,(H2,21,22,23). The minimum atomic E-state index is -3.79. The zero-order valence-electron chi connectivity index (χ0n) is 14.8. The average molecular weight is 355 g/mol. The molecule has 0 unspecified atom stereocenters. The first-order valence-corrected chi connectivity index (χ1v) is 11.1. The predicted molar refractivity (Wildman–Crippen MR) is 101 cm³/mol. The molecule has 0 aliphatic heterocycles. The molecule has 138 valence electrons. The maximum atomic E-state index is 10.7. The quantitative estimate of drug-likeness (QED) is 0.341. The first-order valence-electron chi connectivity index (χ1n) is 9.34. The fourth-order valence-electron chi connectivity index (χ4n) is 3.02. The van der Waals surface area contributed by atoms with Crippen LogP contribution in [0.2, 0.25) is 0 Å². The third kappa shape index (κ3) is 11.0. The van der Waals surface area contributed by atoms with Gasteiger partial charge in [-0.3, -0.25) is 4.57 Å². The summed E-state index contributed by atoms with van der Waals surface area (Å²) in [6.07, 6.45) is 12.1. The van der Waals surface area contributed by atoms with Crippen LogP contribution < -0.4 is 5.73 Å². The van der Waals surface area contributed by atoms with E-state index in [1.54, 1.807) is 0 Å². The van der Waals surface area contributed by atoms with Gasteiger partial charge in [-0.15, -0.1) is 0 Å². The summed E-state index contributed by atoms with van der Waals surface area (Å²) < 4.78 is 10.7. The molecule has 0 saturated heterocycles. The Morgan fingerprint density at radius 2 is 1.21 bits per heavy atom. The zero-order valence-corrected chi connectivity index (χ0v) is 15.7. The van der Waals surface area contributed by atoms with Crippen molar-refractivity contribution in [2.24, 2.45) is 5.73 Å². The van der Waals surface area contributed by atoms with E-state index in [1.807, 2.05) is 0 Å². The van der Waals surface area contributed by atoms with Crippen molar-refractivity contribution in [2.45, 2.75) is 70.6 Å². The predicted octanol–water partition coefficient (Wildman–Crippen LogP) is 4.42. The van der Waals surface area contributed by atoms with Gasteiger partial charge in [0.05, 0.1) is 0 Å². The zero-order chi connectivity index (χ0) is 17.7. The van der Waals surface area contributed by atoms with E-state index in [4.69, 9.17) is 15.5 Å². The molecule has 0 aromatic heterocycles. The fourth-order valence-corrected chi connectivity index (χ4v) is 3.66. The Morgan fingerprint density at radius 3 is 1.71 bits per heavy atom. The van der Waals surface area contributed by atoms with Gasteiger partial charge in [-0.1, -0.05) is 56.4 Å².